The summed E-state index contributed by atoms with van der Waals surface area (Å²) in [7, 11) is 1.27. The molecule has 26 heavy (non-hydrogen) atoms. The fraction of sp³-hybridized carbons (Fsp3) is 0.263. The minimum absolute atomic E-state index is 0.162. The molecule has 7 heteroatoms. The summed E-state index contributed by atoms with van der Waals surface area (Å²) in [6.45, 7) is 5.35. The zero-order valence-electron chi connectivity index (χ0n) is 15.0. The van der Waals surface area contributed by atoms with Crippen LogP contribution in [-0.4, -0.2) is 24.8 Å². The van der Waals surface area contributed by atoms with Crippen LogP contribution in [0.1, 0.15) is 31.1 Å². The van der Waals surface area contributed by atoms with E-state index in [2.05, 4.69) is 0 Å². The van der Waals surface area contributed by atoms with E-state index in [9.17, 15) is 9.59 Å². The number of hydrogen-bond donors (Lipinski definition) is 1. The summed E-state index contributed by atoms with van der Waals surface area (Å²) in [5.74, 6) is 0.187. The van der Waals surface area contributed by atoms with Crippen molar-refractivity contribution in [1.29, 1.82) is 0 Å². The molecule has 1 heterocycles. The van der Waals surface area contributed by atoms with Gasteiger partial charge in [0.05, 0.1) is 24.0 Å². The van der Waals surface area contributed by atoms with Crippen LogP contribution in [0.25, 0.3) is 0 Å². The van der Waals surface area contributed by atoms with Crippen molar-refractivity contribution in [3.8, 4) is 11.5 Å². The minimum atomic E-state index is -0.679. The van der Waals surface area contributed by atoms with Crippen LogP contribution in [0.3, 0.4) is 0 Å². The molecule has 2 N–H and O–H groups in total. The molecule has 0 spiro atoms. The first-order chi connectivity index (χ1) is 12.2. The number of carbonyl (C=O) groups excluding carboxylic acids is 2. The lowest BCUT2D eigenvalue weighted by atomic mass is 10.1. The number of anilines is 3. The van der Waals surface area contributed by atoms with Gasteiger partial charge in [-0.3, -0.25) is 0 Å². The van der Waals surface area contributed by atoms with Gasteiger partial charge in [0.1, 0.15) is 5.60 Å². The third kappa shape index (κ3) is 3.15. The third-order valence-corrected chi connectivity index (χ3v) is 3.68. The molecule has 0 aliphatic carbocycles. The van der Waals surface area contributed by atoms with E-state index in [1.807, 2.05) is 0 Å². The maximum atomic E-state index is 12.8. The summed E-state index contributed by atoms with van der Waals surface area (Å²) in [5.41, 5.74) is 6.57. The molecule has 2 aromatic rings. The Bertz CT molecular complexity index is 886. The van der Waals surface area contributed by atoms with Gasteiger partial charge < -0.3 is 19.9 Å². The van der Waals surface area contributed by atoms with E-state index in [1.165, 1.54) is 24.1 Å². The van der Waals surface area contributed by atoms with Crippen molar-refractivity contribution in [2.75, 3.05) is 17.7 Å². The van der Waals surface area contributed by atoms with E-state index in [0.29, 0.717) is 22.9 Å². The van der Waals surface area contributed by atoms with Crippen molar-refractivity contribution in [1.82, 2.24) is 0 Å². The summed E-state index contributed by atoms with van der Waals surface area (Å²) in [6.07, 6.45) is -0.570. The largest absolute Gasteiger partial charge is 0.465 e. The molecule has 2 aromatic carbocycles. The highest BCUT2D eigenvalue weighted by Gasteiger charge is 2.33. The summed E-state index contributed by atoms with van der Waals surface area (Å²) in [6, 6.07) is 10.0. The van der Waals surface area contributed by atoms with Gasteiger partial charge in [0.25, 0.3) is 0 Å². The van der Waals surface area contributed by atoms with Gasteiger partial charge in [0.15, 0.2) is 11.5 Å². The highest BCUT2D eigenvalue weighted by Crippen LogP contribution is 2.48. The highest BCUT2D eigenvalue weighted by atomic mass is 16.6. The van der Waals surface area contributed by atoms with Gasteiger partial charge in [-0.25, -0.2) is 14.5 Å². The summed E-state index contributed by atoms with van der Waals surface area (Å²) in [5, 5.41) is 0. The Kier molecular flexibility index (Phi) is 4.23. The second-order valence-corrected chi connectivity index (χ2v) is 6.78. The monoisotopic (exact) mass is 356 g/mol. The smallest absolute Gasteiger partial charge is 0.419 e. The maximum absolute atomic E-state index is 12.8. The van der Waals surface area contributed by atoms with Crippen molar-refractivity contribution in [2.45, 2.75) is 26.4 Å². The standard InChI is InChI=1S/C19H20N2O5/c1-19(2,3)26-18(23)21-13-7-5-6-8-15(13)25-16-9-11(17(22)24-4)12(20)10-14(16)21/h5-10H,20H2,1-4H3. The van der Waals surface area contributed by atoms with Crippen LogP contribution in [-0.2, 0) is 9.47 Å². The van der Waals surface area contributed by atoms with Gasteiger partial charge in [0, 0.05) is 5.69 Å². The zero-order chi connectivity index (χ0) is 19.1. The van der Waals surface area contributed by atoms with Crippen molar-refractivity contribution < 1.29 is 23.8 Å². The molecule has 7 nitrogen and oxygen atoms in total. The maximum Gasteiger partial charge on any atom is 0.419 e. The number of amides is 1. The molecule has 0 bridgehead atoms. The average molecular weight is 356 g/mol. The lowest BCUT2D eigenvalue weighted by molar-refractivity contribution is 0.0591. The molecule has 0 fully saturated rings. The van der Waals surface area contributed by atoms with Crippen LogP contribution >= 0.6 is 0 Å². The van der Waals surface area contributed by atoms with Crippen LogP contribution in [0.15, 0.2) is 36.4 Å². The number of nitrogens with two attached hydrogens (primary N) is 1. The number of carbonyl (C=O) groups is 2. The molecule has 0 unspecified atom stereocenters. The van der Waals surface area contributed by atoms with E-state index in [1.54, 1.807) is 45.0 Å². The lowest BCUT2D eigenvalue weighted by Gasteiger charge is -2.33. The summed E-state index contributed by atoms with van der Waals surface area (Å²) >= 11 is 0. The predicted molar refractivity (Wildman–Crippen MR) is 97.1 cm³/mol. The molecule has 136 valence electrons. The SMILES string of the molecule is COC(=O)c1cc2c(cc1N)N(C(=O)OC(C)(C)C)c1ccccc1O2. The molecule has 1 aliphatic heterocycles. The van der Waals surface area contributed by atoms with Crippen molar-refractivity contribution in [3.63, 3.8) is 0 Å². The van der Waals surface area contributed by atoms with Crippen molar-refractivity contribution in [3.05, 3.63) is 42.0 Å². The second-order valence-electron chi connectivity index (χ2n) is 6.78. The highest BCUT2D eigenvalue weighted by molar-refractivity contribution is 6.04. The molecular formula is C19H20N2O5. The van der Waals surface area contributed by atoms with Gasteiger partial charge in [-0.1, -0.05) is 12.1 Å². The van der Waals surface area contributed by atoms with Crippen molar-refractivity contribution >= 4 is 29.1 Å². The van der Waals surface area contributed by atoms with E-state index in [0.717, 1.165) is 0 Å². The second kappa shape index (κ2) is 6.25. The van der Waals surface area contributed by atoms with E-state index in [4.69, 9.17) is 19.9 Å². The molecule has 0 aromatic heterocycles. The molecule has 0 saturated heterocycles. The number of para-hydroxylation sites is 2. The van der Waals surface area contributed by atoms with Gasteiger partial charge in [-0.15, -0.1) is 0 Å². The number of nitrogens with zero attached hydrogens (tertiary/aromatic N) is 1. The number of hydrogen-bond acceptors (Lipinski definition) is 6. The van der Waals surface area contributed by atoms with Crippen LogP contribution in [0.4, 0.5) is 21.9 Å². The normalized spacial score (nSPS) is 12.5. The summed E-state index contributed by atoms with van der Waals surface area (Å²) in [4.78, 5) is 26.1. The molecule has 0 atom stereocenters. The number of fused-ring (bicyclic) bond motifs is 2. The predicted octanol–water partition coefficient (Wildman–Crippen LogP) is 4.23. The number of methoxy groups -OCH3 is 1. The first-order valence-corrected chi connectivity index (χ1v) is 8.03. The topological polar surface area (TPSA) is 91.1 Å². The van der Waals surface area contributed by atoms with E-state index < -0.39 is 17.7 Å². The Hall–Kier alpha value is -3.22. The molecule has 0 radical (unpaired) electrons. The first kappa shape index (κ1) is 17.6. The Labute approximate surface area is 151 Å². The fourth-order valence-electron chi connectivity index (χ4n) is 2.61. The van der Waals surface area contributed by atoms with Gasteiger partial charge >= 0.3 is 12.1 Å². The lowest BCUT2D eigenvalue weighted by Crippen LogP contribution is -2.35. The summed E-state index contributed by atoms with van der Waals surface area (Å²) < 4.78 is 16.1. The number of nitrogen functional groups attached to an aromatic ring is 1. The quantitative estimate of drug-likeness (QED) is 0.607. The van der Waals surface area contributed by atoms with Crippen LogP contribution in [0.5, 0.6) is 11.5 Å². The minimum Gasteiger partial charge on any atom is -0.465 e. The van der Waals surface area contributed by atoms with Crippen LogP contribution in [0, 0.1) is 0 Å². The Balaban J connectivity index is 2.15. The Morgan fingerprint density at radius 2 is 1.77 bits per heavy atom. The van der Waals surface area contributed by atoms with Gasteiger partial charge in [-0.05, 0) is 45.0 Å². The number of benzene rings is 2. The molecule has 0 saturated carbocycles. The van der Waals surface area contributed by atoms with Crippen LogP contribution < -0.4 is 15.4 Å². The molecule has 1 amide bonds. The Morgan fingerprint density at radius 3 is 2.42 bits per heavy atom. The number of esters is 1. The number of ether oxygens (including phenoxy) is 3. The van der Waals surface area contributed by atoms with Gasteiger partial charge in [0.2, 0.25) is 0 Å². The molecule has 1 aliphatic rings. The van der Waals surface area contributed by atoms with Crippen LogP contribution in [0.2, 0.25) is 0 Å². The Morgan fingerprint density at radius 1 is 1.08 bits per heavy atom. The first-order valence-electron chi connectivity index (χ1n) is 8.03. The molecule has 3 rings (SSSR count). The third-order valence-electron chi connectivity index (χ3n) is 3.68. The number of rotatable bonds is 1. The fourth-order valence-corrected chi connectivity index (χ4v) is 2.61. The van der Waals surface area contributed by atoms with E-state index >= 15 is 0 Å². The molecular weight excluding hydrogens is 336 g/mol. The average Bonchev–Trinajstić information content (AvgIpc) is 2.57. The van der Waals surface area contributed by atoms with Gasteiger partial charge in [-0.2, -0.15) is 0 Å². The van der Waals surface area contributed by atoms with Crippen molar-refractivity contribution in [2.24, 2.45) is 0 Å². The zero-order valence-corrected chi connectivity index (χ0v) is 15.0. The van der Waals surface area contributed by atoms with E-state index in [-0.39, 0.29) is 11.3 Å².